The predicted molar refractivity (Wildman–Crippen MR) is 61.9 cm³/mol. The molecule has 86 valence electrons. The zero-order valence-electron chi connectivity index (χ0n) is 9.47. The van der Waals surface area contributed by atoms with Crippen molar-refractivity contribution in [3.05, 3.63) is 30.1 Å². The van der Waals surface area contributed by atoms with Crippen molar-refractivity contribution in [2.75, 3.05) is 13.1 Å². The van der Waals surface area contributed by atoms with Crippen LogP contribution >= 0.6 is 0 Å². The first-order valence-electron chi connectivity index (χ1n) is 5.63. The molecule has 0 spiro atoms. The lowest BCUT2D eigenvalue weighted by molar-refractivity contribution is 0.0743. The number of hydrogen-bond donors (Lipinski definition) is 1. The Labute approximate surface area is 95.5 Å². The quantitative estimate of drug-likeness (QED) is 0.803. The number of likely N-dealkylation sites (tertiary alicyclic amines) is 1. The van der Waals surface area contributed by atoms with Crippen molar-refractivity contribution < 1.29 is 4.79 Å². The van der Waals surface area contributed by atoms with E-state index in [1.807, 2.05) is 4.90 Å². The van der Waals surface area contributed by atoms with Crippen molar-refractivity contribution >= 4 is 5.91 Å². The Kier molecular flexibility index (Phi) is 3.19. The van der Waals surface area contributed by atoms with E-state index in [1.165, 1.54) is 0 Å². The van der Waals surface area contributed by atoms with Crippen LogP contribution in [-0.2, 0) is 0 Å². The molecule has 2 rings (SSSR count). The molecule has 2 atom stereocenters. The minimum Gasteiger partial charge on any atom is -0.336 e. The highest BCUT2D eigenvalue weighted by Gasteiger charge is 2.31. The van der Waals surface area contributed by atoms with Gasteiger partial charge in [-0.1, -0.05) is 0 Å². The van der Waals surface area contributed by atoms with Gasteiger partial charge in [0.25, 0.3) is 5.91 Å². The molecule has 1 amide bonds. The molecule has 0 bridgehead atoms. The van der Waals surface area contributed by atoms with Crippen molar-refractivity contribution in [3.63, 3.8) is 0 Å². The van der Waals surface area contributed by atoms with Crippen molar-refractivity contribution in [3.8, 4) is 0 Å². The van der Waals surface area contributed by atoms with Crippen LogP contribution in [0.15, 0.2) is 24.5 Å². The van der Waals surface area contributed by atoms with Crippen LogP contribution in [0.2, 0.25) is 0 Å². The second kappa shape index (κ2) is 4.61. The fourth-order valence-electron chi connectivity index (χ4n) is 2.25. The van der Waals surface area contributed by atoms with E-state index in [4.69, 9.17) is 5.73 Å². The molecule has 4 heteroatoms. The first-order chi connectivity index (χ1) is 7.72. The van der Waals surface area contributed by atoms with Crippen LogP contribution in [0.25, 0.3) is 0 Å². The predicted octanol–water partition coefficient (Wildman–Crippen LogP) is 0.891. The topological polar surface area (TPSA) is 59.2 Å². The van der Waals surface area contributed by atoms with E-state index in [2.05, 4.69) is 11.9 Å². The van der Waals surface area contributed by atoms with E-state index in [0.717, 1.165) is 13.0 Å². The molecule has 2 heterocycles. The SMILES string of the molecule is CC1CC(CN)CN1C(=O)c1cccnc1. The number of rotatable bonds is 2. The summed E-state index contributed by atoms with van der Waals surface area (Å²) in [5.74, 6) is 0.507. The van der Waals surface area contributed by atoms with Gasteiger partial charge >= 0.3 is 0 Å². The summed E-state index contributed by atoms with van der Waals surface area (Å²) in [6.45, 7) is 3.50. The van der Waals surface area contributed by atoms with Crippen LogP contribution in [0.5, 0.6) is 0 Å². The highest BCUT2D eigenvalue weighted by molar-refractivity contribution is 5.94. The van der Waals surface area contributed by atoms with Gasteiger partial charge in [-0.15, -0.1) is 0 Å². The molecule has 0 aliphatic carbocycles. The van der Waals surface area contributed by atoms with E-state index in [9.17, 15) is 4.79 Å². The van der Waals surface area contributed by atoms with Crippen molar-refractivity contribution in [1.82, 2.24) is 9.88 Å². The number of carbonyl (C=O) groups excluding carboxylic acids is 1. The van der Waals surface area contributed by atoms with Crippen LogP contribution in [0.3, 0.4) is 0 Å². The molecule has 0 radical (unpaired) electrons. The summed E-state index contributed by atoms with van der Waals surface area (Å²) in [7, 11) is 0. The lowest BCUT2D eigenvalue weighted by Crippen LogP contribution is -2.34. The average Bonchev–Trinajstić information content (AvgIpc) is 2.71. The standard InChI is InChI=1S/C12H17N3O/c1-9-5-10(6-13)8-15(9)12(16)11-3-2-4-14-7-11/h2-4,7,9-10H,5-6,8,13H2,1H3. The van der Waals surface area contributed by atoms with Gasteiger partial charge in [0.05, 0.1) is 5.56 Å². The summed E-state index contributed by atoms with van der Waals surface area (Å²) < 4.78 is 0. The molecule has 4 nitrogen and oxygen atoms in total. The van der Waals surface area contributed by atoms with Gasteiger partial charge in [-0.2, -0.15) is 0 Å². The third kappa shape index (κ3) is 2.07. The summed E-state index contributed by atoms with van der Waals surface area (Å²) in [5.41, 5.74) is 6.31. The Balaban J connectivity index is 2.11. The number of aromatic nitrogens is 1. The van der Waals surface area contributed by atoms with Gasteiger partial charge in [-0.3, -0.25) is 9.78 Å². The molecule has 1 aromatic heterocycles. The van der Waals surface area contributed by atoms with Crippen LogP contribution in [-0.4, -0.2) is 34.9 Å². The third-order valence-electron chi connectivity index (χ3n) is 3.16. The highest BCUT2D eigenvalue weighted by atomic mass is 16.2. The monoisotopic (exact) mass is 219 g/mol. The molecule has 1 aliphatic rings. The van der Waals surface area contributed by atoms with Crippen LogP contribution in [0.4, 0.5) is 0 Å². The van der Waals surface area contributed by atoms with Crippen molar-refractivity contribution in [1.29, 1.82) is 0 Å². The van der Waals surface area contributed by atoms with Crippen LogP contribution in [0.1, 0.15) is 23.7 Å². The molecule has 0 saturated carbocycles. The fraction of sp³-hybridized carbons (Fsp3) is 0.500. The summed E-state index contributed by atoms with van der Waals surface area (Å²) >= 11 is 0. The largest absolute Gasteiger partial charge is 0.336 e. The van der Waals surface area contributed by atoms with Gasteiger partial charge in [0.2, 0.25) is 0 Å². The van der Waals surface area contributed by atoms with E-state index in [1.54, 1.807) is 24.5 Å². The minimum absolute atomic E-state index is 0.0663. The number of carbonyl (C=O) groups is 1. The molecule has 1 saturated heterocycles. The summed E-state index contributed by atoms with van der Waals surface area (Å²) in [5, 5.41) is 0. The Morgan fingerprint density at radius 2 is 2.50 bits per heavy atom. The van der Waals surface area contributed by atoms with Crippen LogP contribution < -0.4 is 5.73 Å². The number of amides is 1. The van der Waals surface area contributed by atoms with Gasteiger partial charge in [-0.25, -0.2) is 0 Å². The summed E-state index contributed by atoms with van der Waals surface area (Å²) in [4.78, 5) is 18.0. The van der Waals surface area contributed by atoms with Gasteiger partial charge in [0.15, 0.2) is 0 Å². The summed E-state index contributed by atoms with van der Waals surface area (Å²) in [6.07, 6.45) is 4.29. The van der Waals surface area contributed by atoms with E-state index in [0.29, 0.717) is 18.0 Å². The lowest BCUT2D eigenvalue weighted by atomic mass is 10.1. The molecule has 2 N–H and O–H groups in total. The molecule has 0 aromatic carbocycles. The maximum atomic E-state index is 12.2. The van der Waals surface area contributed by atoms with Crippen molar-refractivity contribution in [2.24, 2.45) is 11.7 Å². The molecule has 2 unspecified atom stereocenters. The van der Waals surface area contributed by atoms with Crippen LogP contribution in [0, 0.1) is 5.92 Å². The summed E-state index contributed by atoms with van der Waals surface area (Å²) in [6, 6.07) is 3.87. The van der Waals surface area contributed by atoms with E-state index < -0.39 is 0 Å². The number of nitrogens with two attached hydrogens (primary N) is 1. The van der Waals surface area contributed by atoms with Gasteiger partial charge in [0, 0.05) is 25.0 Å². The first kappa shape index (κ1) is 11.1. The maximum absolute atomic E-state index is 12.2. The second-order valence-electron chi connectivity index (χ2n) is 4.39. The molecular formula is C12H17N3O. The Bertz CT molecular complexity index is 366. The molecule has 16 heavy (non-hydrogen) atoms. The molecule has 1 aromatic rings. The molecule has 1 aliphatic heterocycles. The number of nitrogens with zero attached hydrogens (tertiary/aromatic N) is 2. The maximum Gasteiger partial charge on any atom is 0.255 e. The highest BCUT2D eigenvalue weighted by Crippen LogP contribution is 2.23. The zero-order chi connectivity index (χ0) is 11.5. The average molecular weight is 219 g/mol. The number of hydrogen-bond acceptors (Lipinski definition) is 3. The minimum atomic E-state index is 0.0663. The zero-order valence-corrected chi connectivity index (χ0v) is 9.47. The van der Waals surface area contributed by atoms with Crippen molar-refractivity contribution in [2.45, 2.75) is 19.4 Å². The third-order valence-corrected chi connectivity index (χ3v) is 3.16. The Morgan fingerprint density at radius 1 is 1.69 bits per heavy atom. The second-order valence-corrected chi connectivity index (χ2v) is 4.39. The van der Waals surface area contributed by atoms with Gasteiger partial charge in [-0.05, 0) is 37.9 Å². The Hall–Kier alpha value is -1.42. The smallest absolute Gasteiger partial charge is 0.255 e. The van der Waals surface area contributed by atoms with Gasteiger partial charge < -0.3 is 10.6 Å². The van der Waals surface area contributed by atoms with Gasteiger partial charge in [0.1, 0.15) is 0 Å². The molecule has 1 fully saturated rings. The lowest BCUT2D eigenvalue weighted by Gasteiger charge is -2.21. The normalized spacial score (nSPS) is 24.8. The Morgan fingerprint density at radius 3 is 3.06 bits per heavy atom. The van der Waals surface area contributed by atoms with E-state index in [-0.39, 0.29) is 11.9 Å². The van der Waals surface area contributed by atoms with E-state index >= 15 is 0 Å². The number of pyridine rings is 1. The molecular weight excluding hydrogens is 202 g/mol. The first-order valence-corrected chi connectivity index (χ1v) is 5.63. The fourth-order valence-corrected chi connectivity index (χ4v) is 2.25.